The van der Waals surface area contributed by atoms with Gasteiger partial charge in [-0.2, -0.15) is 0 Å². The first-order valence-electron chi connectivity index (χ1n) is 4.99. The molecular weight excluding hydrogens is 190 g/mol. The smallest absolute Gasteiger partial charge is 0.330 e. The van der Waals surface area contributed by atoms with E-state index in [0.717, 1.165) is 5.56 Å². The zero-order valence-corrected chi connectivity index (χ0v) is 9.01. The number of hydrogen-bond donors (Lipinski definition) is 0. The van der Waals surface area contributed by atoms with Crippen molar-refractivity contribution in [3.05, 3.63) is 35.9 Å². The third-order valence-electron chi connectivity index (χ3n) is 1.87. The van der Waals surface area contributed by atoms with E-state index in [1.165, 1.54) is 0 Å². The summed E-state index contributed by atoms with van der Waals surface area (Å²) >= 11 is 0. The van der Waals surface area contributed by atoms with Gasteiger partial charge in [-0.15, -0.1) is 0 Å². The van der Waals surface area contributed by atoms with Crippen molar-refractivity contribution in [1.82, 2.24) is 0 Å². The van der Waals surface area contributed by atoms with Crippen molar-refractivity contribution in [2.24, 2.45) is 4.99 Å². The van der Waals surface area contributed by atoms with E-state index in [0.29, 0.717) is 6.61 Å². The number of rotatable bonds is 4. The predicted molar refractivity (Wildman–Crippen MR) is 60.1 cm³/mol. The van der Waals surface area contributed by atoms with E-state index < -0.39 is 6.04 Å². The van der Waals surface area contributed by atoms with Crippen LogP contribution in [0, 0.1) is 0 Å². The number of ether oxygens (including phenoxy) is 1. The lowest BCUT2D eigenvalue weighted by molar-refractivity contribution is -0.144. The molecule has 15 heavy (non-hydrogen) atoms. The van der Waals surface area contributed by atoms with Gasteiger partial charge in [-0.05, 0) is 19.4 Å². The molecule has 0 aromatic heterocycles. The molecule has 0 saturated heterocycles. The molecule has 0 heterocycles. The Hall–Kier alpha value is -1.64. The van der Waals surface area contributed by atoms with Crippen LogP contribution in [0.3, 0.4) is 0 Å². The van der Waals surface area contributed by atoms with E-state index in [1.54, 1.807) is 20.1 Å². The standard InChI is InChI=1S/C12H15NO2/c1-3-15-12(14)10(2)13-9-11-7-5-4-6-8-11/h4-10H,3H2,1-2H3/t10-/m0/s1. The number of aliphatic imine (C=N–C) groups is 1. The molecule has 0 bridgehead atoms. The van der Waals surface area contributed by atoms with E-state index in [2.05, 4.69) is 4.99 Å². The summed E-state index contributed by atoms with van der Waals surface area (Å²) in [6.45, 7) is 3.90. The van der Waals surface area contributed by atoms with Crippen LogP contribution < -0.4 is 0 Å². The largest absolute Gasteiger partial charge is 0.464 e. The second-order valence-electron chi connectivity index (χ2n) is 3.12. The van der Waals surface area contributed by atoms with Crippen LogP contribution >= 0.6 is 0 Å². The fourth-order valence-corrected chi connectivity index (χ4v) is 1.06. The van der Waals surface area contributed by atoms with Crippen LogP contribution in [0.2, 0.25) is 0 Å². The van der Waals surface area contributed by atoms with Crippen LogP contribution in [-0.4, -0.2) is 24.8 Å². The Morgan fingerprint density at radius 3 is 2.73 bits per heavy atom. The molecule has 1 atom stereocenters. The Bertz CT molecular complexity index is 333. The molecule has 0 amide bonds. The van der Waals surface area contributed by atoms with Crippen LogP contribution in [0.1, 0.15) is 19.4 Å². The third kappa shape index (κ3) is 3.94. The van der Waals surface area contributed by atoms with Gasteiger partial charge in [0.2, 0.25) is 0 Å². The molecule has 3 heteroatoms. The summed E-state index contributed by atoms with van der Waals surface area (Å²) in [4.78, 5) is 15.3. The second-order valence-corrected chi connectivity index (χ2v) is 3.12. The van der Waals surface area contributed by atoms with Gasteiger partial charge in [0, 0.05) is 6.21 Å². The molecular formula is C12H15NO2. The van der Waals surface area contributed by atoms with E-state index in [9.17, 15) is 4.79 Å². The van der Waals surface area contributed by atoms with Crippen molar-refractivity contribution in [2.75, 3.05) is 6.61 Å². The number of benzene rings is 1. The first-order valence-corrected chi connectivity index (χ1v) is 4.99. The highest BCUT2D eigenvalue weighted by molar-refractivity contribution is 5.83. The normalized spacial score (nSPS) is 12.7. The zero-order valence-electron chi connectivity index (χ0n) is 9.01. The van der Waals surface area contributed by atoms with E-state index in [-0.39, 0.29) is 5.97 Å². The molecule has 0 radical (unpaired) electrons. The molecule has 0 N–H and O–H groups in total. The molecule has 0 aliphatic carbocycles. The van der Waals surface area contributed by atoms with Gasteiger partial charge in [0.25, 0.3) is 0 Å². The van der Waals surface area contributed by atoms with Gasteiger partial charge in [-0.25, -0.2) is 4.79 Å². The van der Waals surface area contributed by atoms with Gasteiger partial charge < -0.3 is 4.74 Å². The lowest BCUT2D eigenvalue weighted by Gasteiger charge is -2.04. The molecule has 0 unspecified atom stereocenters. The average molecular weight is 205 g/mol. The molecule has 0 fully saturated rings. The van der Waals surface area contributed by atoms with Crippen molar-refractivity contribution in [3.63, 3.8) is 0 Å². The SMILES string of the molecule is CCOC(=O)[C@H](C)N=Cc1ccccc1. The molecule has 0 aliphatic heterocycles. The monoisotopic (exact) mass is 205 g/mol. The Labute approximate surface area is 89.8 Å². The summed E-state index contributed by atoms with van der Waals surface area (Å²) in [6, 6.07) is 9.21. The van der Waals surface area contributed by atoms with Crippen LogP contribution in [0.25, 0.3) is 0 Å². The minimum atomic E-state index is -0.440. The average Bonchev–Trinajstić information content (AvgIpc) is 2.27. The molecule has 3 nitrogen and oxygen atoms in total. The first kappa shape index (κ1) is 11.4. The van der Waals surface area contributed by atoms with Crippen LogP contribution in [-0.2, 0) is 9.53 Å². The van der Waals surface area contributed by atoms with Crippen LogP contribution in [0.4, 0.5) is 0 Å². The number of carbonyl (C=O) groups excluding carboxylic acids is 1. The summed E-state index contributed by atoms with van der Waals surface area (Å²) in [6.07, 6.45) is 1.68. The highest BCUT2D eigenvalue weighted by Crippen LogP contribution is 1.98. The summed E-state index contributed by atoms with van der Waals surface area (Å²) in [5.74, 6) is -0.287. The zero-order chi connectivity index (χ0) is 11.1. The highest BCUT2D eigenvalue weighted by atomic mass is 16.5. The second kappa shape index (κ2) is 5.96. The van der Waals surface area contributed by atoms with E-state index in [1.807, 2.05) is 30.3 Å². The maximum absolute atomic E-state index is 11.2. The lowest BCUT2D eigenvalue weighted by Crippen LogP contribution is -2.18. The maximum Gasteiger partial charge on any atom is 0.330 e. The predicted octanol–water partition coefficient (Wildman–Crippen LogP) is 2.06. The Morgan fingerprint density at radius 1 is 1.47 bits per heavy atom. The number of esters is 1. The van der Waals surface area contributed by atoms with Gasteiger partial charge in [-0.1, -0.05) is 30.3 Å². The minimum absolute atomic E-state index is 0.287. The van der Waals surface area contributed by atoms with Gasteiger partial charge >= 0.3 is 5.97 Å². The molecule has 0 aliphatic rings. The topological polar surface area (TPSA) is 38.7 Å². The number of nitrogens with zero attached hydrogens (tertiary/aromatic N) is 1. The molecule has 80 valence electrons. The van der Waals surface area contributed by atoms with Crippen molar-refractivity contribution in [1.29, 1.82) is 0 Å². The van der Waals surface area contributed by atoms with Crippen molar-refractivity contribution in [3.8, 4) is 0 Å². The van der Waals surface area contributed by atoms with Gasteiger partial charge in [0.05, 0.1) is 6.61 Å². The summed E-state index contributed by atoms with van der Waals surface area (Å²) in [5.41, 5.74) is 0.980. The fraction of sp³-hybridized carbons (Fsp3) is 0.333. The van der Waals surface area contributed by atoms with Gasteiger partial charge in [-0.3, -0.25) is 4.99 Å². The van der Waals surface area contributed by atoms with Crippen molar-refractivity contribution in [2.45, 2.75) is 19.9 Å². The van der Waals surface area contributed by atoms with Gasteiger partial charge in [0.15, 0.2) is 0 Å². The molecule has 1 rings (SSSR count). The Balaban J connectivity index is 2.54. The number of hydrogen-bond acceptors (Lipinski definition) is 3. The van der Waals surface area contributed by atoms with Crippen LogP contribution in [0.15, 0.2) is 35.3 Å². The van der Waals surface area contributed by atoms with E-state index in [4.69, 9.17) is 4.74 Å². The molecule has 1 aromatic carbocycles. The quantitative estimate of drug-likeness (QED) is 0.557. The lowest BCUT2D eigenvalue weighted by atomic mass is 10.2. The third-order valence-corrected chi connectivity index (χ3v) is 1.87. The fourth-order valence-electron chi connectivity index (χ4n) is 1.06. The molecule has 0 spiro atoms. The Kier molecular flexibility index (Phi) is 4.54. The minimum Gasteiger partial charge on any atom is -0.464 e. The summed E-state index contributed by atoms with van der Waals surface area (Å²) < 4.78 is 4.84. The highest BCUT2D eigenvalue weighted by Gasteiger charge is 2.10. The van der Waals surface area contributed by atoms with Gasteiger partial charge in [0.1, 0.15) is 6.04 Å². The first-order chi connectivity index (χ1) is 7.24. The van der Waals surface area contributed by atoms with E-state index >= 15 is 0 Å². The van der Waals surface area contributed by atoms with Crippen LogP contribution in [0.5, 0.6) is 0 Å². The number of carbonyl (C=O) groups is 1. The molecule has 1 aromatic rings. The molecule has 0 saturated carbocycles. The van der Waals surface area contributed by atoms with Crippen molar-refractivity contribution >= 4 is 12.2 Å². The summed E-state index contributed by atoms with van der Waals surface area (Å²) in [7, 11) is 0. The summed E-state index contributed by atoms with van der Waals surface area (Å²) in [5, 5.41) is 0. The Morgan fingerprint density at radius 2 is 2.13 bits per heavy atom. The van der Waals surface area contributed by atoms with Crippen molar-refractivity contribution < 1.29 is 9.53 Å². The maximum atomic E-state index is 11.2.